The van der Waals surface area contributed by atoms with Gasteiger partial charge in [0.1, 0.15) is 0 Å². The van der Waals surface area contributed by atoms with Gasteiger partial charge in [-0.2, -0.15) is 0 Å². The maximum atomic E-state index is 12.7. The van der Waals surface area contributed by atoms with E-state index in [0.29, 0.717) is 12.2 Å². The van der Waals surface area contributed by atoms with Crippen molar-refractivity contribution in [2.24, 2.45) is 5.41 Å². The second-order valence-corrected chi connectivity index (χ2v) is 6.45. The maximum absolute atomic E-state index is 12.7. The lowest BCUT2D eigenvalue weighted by atomic mass is 9.79. The number of hydrogen-bond acceptors (Lipinski definition) is 2. The van der Waals surface area contributed by atoms with Gasteiger partial charge in [-0.25, -0.2) is 4.79 Å². The van der Waals surface area contributed by atoms with Crippen LogP contribution in [0.15, 0.2) is 66.2 Å². The van der Waals surface area contributed by atoms with Crippen LogP contribution < -0.4 is 0 Å². The quantitative estimate of drug-likeness (QED) is 0.580. The van der Waals surface area contributed by atoms with Crippen LogP contribution in [0.25, 0.3) is 5.57 Å². The summed E-state index contributed by atoms with van der Waals surface area (Å²) in [5.74, 6) is -0.247. The van der Waals surface area contributed by atoms with Gasteiger partial charge in [0.2, 0.25) is 0 Å². The predicted molar refractivity (Wildman–Crippen MR) is 95.0 cm³/mol. The van der Waals surface area contributed by atoms with Crippen molar-refractivity contribution in [2.75, 3.05) is 6.61 Å². The highest BCUT2D eigenvalue weighted by Crippen LogP contribution is 2.37. The Morgan fingerprint density at radius 2 is 1.30 bits per heavy atom. The molecule has 2 rings (SSSR count). The molecule has 0 saturated carbocycles. The first-order valence-electron chi connectivity index (χ1n) is 7.98. The predicted octanol–water partition coefficient (Wildman–Crippen LogP) is 5.10. The van der Waals surface area contributed by atoms with Crippen molar-refractivity contribution >= 4 is 11.5 Å². The van der Waals surface area contributed by atoms with E-state index in [1.54, 1.807) is 0 Å². The average Bonchev–Trinajstić information content (AvgIpc) is 2.53. The molecule has 0 aliphatic carbocycles. The van der Waals surface area contributed by atoms with Gasteiger partial charge in [-0.3, -0.25) is 0 Å². The van der Waals surface area contributed by atoms with E-state index < -0.39 is 0 Å². The molecule has 0 unspecified atom stereocenters. The van der Waals surface area contributed by atoms with Crippen LogP contribution >= 0.6 is 0 Å². The van der Waals surface area contributed by atoms with Crippen LogP contribution in [0.4, 0.5) is 0 Å². The van der Waals surface area contributed by atoms with E-state index >= 15 is 0 Å². The average molecular weight is 308 g/mol. The monoisotopic (exact) mass is 308 g/mol. The third-order valence-corrected chi connectivity index (χ3v) is 3.60. The smallest absolute Gasteiger partial charge is 0.335 e. The maximum Gasteiger partial charge on any atom is 0.335 e. The second kappa shape index (κ2) is 7.28. The molecule has 0 saturated heterocycles. The van der Waals surface area contributed by atoms with Gasteiger partial charge in [0.05, 0.1) is 12.2 Å². The molecular formula is C21H24O2. The summed E-state index contributed by atoms with van der Waals surface area (Å²) >= 11 is 0. The second-order valence-electron chi connectivity index (χ2n) is 6.45. The van der Waals surface area contributed by atoms with Gasteiger partial charge in [0, 0.05) is 0 Å². The molecule has 23 heavy (non-hydrogen) atoms. The molecule has 0 heterocycles. The molecule has 0 aliphatic rings. The van der Waals surface area contributed by atoms with E-state index in [2.05, 4.69) is 0 Å². The van der Waals surface area contributed by atoms with Gasteiger partial charge in [0.25, 0.3) is 0 Å². The highest BCUT2D eigenvalue weighted by atomic mass is 16.5. The number of ether oxygens (including phenoxy) is 1. The first-order valence-corrected chi connectivity index (χ1v) is 7.98. The van der Waals surface area contributed by atoms with Crippen LogP contribution in [0.5, 0.6) is 0 Å². The Balaban J connectivity index is 2.78. The zero-order chi connectivity index (χ0) is 16.9. The summed E-state index contributed by atoms with van der Waals surface area (Å²) in [6, 6.07) is 20.1. The van der Waals surface area contributed by atoms with Crippen LogP contribution in [-0.2, 0) is 9.53 Å². The van der Waals surface area contributed by atoms with Gasteiger partial charge >= 0.3 is 5.97 Å². The standard InChI is InChI=1S/C21H24O2/c1-5-23-20(22)19(21(2,3)4)18(16-12-8-6-9-13-16)17-14-10-7-11-15-17/h6-15H,5H2,1-4H3. The molecule has 0 fully saturated rings. The molecule has 0 atom stereocenters. The Bertz CT molecular complexity index is 635. The van der Waals surface area contributed by atoms with Crippen molar-refractivity contribution in [1.29, 1.82) is 0 Å². The van der Waals surface area contributed by atoms with Crippen molar-refractivity contribution in [3.05, 3.63) is 77.4 Å². The van der Waals surface area contributed by atoms with Crippen molar-refractivity contribution in [2.45, 2.75) is 27.7 Å². The van der Waals surface area contributed by atoms with Gasteiger partial charge < -0.3 is 4.74 Å². The first kappa shape index (κ1) is 17.0. The largest absolute Gasteiger partial charge is 0.463 e. The minimum atomic E-state index is -0.326. The van der Waals surface area contributed by atoms with Crippen LogP contribution in [-0.4, -0.2) is 12.6 Å². The van der Waals surface area contributed by atoms with Gasteiger partial charge in [-0.15, -0.1) is 0 Å². The Kier molecular flexibility index (Phi) is 5.38. The first-order chi connectivity index (χ1) is 10.9. The molecule has 0 N–H and O–H groups in total. The van der Waals surface area contributed by atoms with Crippen LogP contribution in [0.1, 0.15) is 38.8 Å². The molecule has 2 heteroatoms. The Morgan fingerprint density at radius 1 is 0.870 bits per heavy atom. The van der Waals surface area contributed by atoms with Crippen molar-refractivity contribution < 1.29 is 9.53 Å². The summed E-state index contributed by atoms with van der Waals surface area (Å²) in [4.78, 5) is 12.7. The Hall–Kier alpha value is -2.35. The number of benzene rings is 2. The number of esters is 1. The molecular weight excluding hydrogens is 284 g/mol. The molecule has 2 nitrogen and oxygen atoms in total. The zero-order valence-corrected chi connectivity index (χ0v) is 14.3. The van der Waals surface area contributed by atoms with Crippen LogP contribution in [0.3, 0.4) is 0 Å². The minimum Gasteiger partial charge on any atom is -0.463 e. The lowest BCUT2D eigenvalue weighted by Crippen LogP contribution is -2.22. The summed E-state index contributed by atoms with van der Waals surface area (Å²) < 4.78 is 5.36. The summed E-state index contributed by atoms with van der Waals surface area (Å²) in [7, 11) is 0. The zero-order valence-electron chi connectivity index (χ0n) is 14.3. The van der Waals surface area contributed by atoms with E-state index in [1.165, 1.54) is 0 Å². The molecule has 0 aliphatic heterocycles. The Labute approximate surface area is 138 Å². The molecule has 0 amide bonds. The van der Waals surface area contributed by atoms with E-state index in [0.717, 1.165) is 16.7 Å². The SMILES string of the molecule is CCOC(=O)C(=C(c1ccccc1)c1ccccc1)C(C)(C)C. The van der Waals surface area contributed by atoms with Crippen LogP contribution in [0, 0.1) is 5.41 Å². The van der Waals surface area contributed by atoms with Crippen molar-refractivity contribution in [1.82, 2.24) is 0 Å². The van der Waals surface area contributed by atoms with Gasteiger partial charge in [-0.05, 0) is 29.0 Å². The molecule has 0 bridgehead atoms. The van der Waals surface area contributed by atoms with Gasteiger partial charge in [-0.1, -0.05) is 81.4 Å². The highest BCUT2D eigenvalue weighted by Gasteiger charge is 2.30. The van der Waals surface area contributed by atoms with Crippen molar-refractivity contribution in [3.63, 3.8) is 0 Å². The third kappa shape index (κ3) is 4.10. The highest BCUT2D eigenvalue weighted by molar-refractivity contribution is 6.02. The lowest BCUT2D eigenvalue weighted by molar-refractivity contribution is -0.139. The summed E-state index contributed by atoms with van der Waals surface area (Å²) in [5.41, 5.74) is 3.37. The van der Waals surface area contributed by atoms with E-state index in [-0.39, 0.29) is 11.4 Å². The van der Waals surface area contributed by atoms with E-state index in [4.69, 9.17) is 4.74 Å². The van der Waals surface area contributed by atoms with E-state index in [9.17, 15) is 4.79 Å². The van der Waals surface area contributed by atoms with Crippen molar-refractivity contribution in [3.8, 4) is 0 Å². The molecule has 0 aromatic heterocycles. The fraction of sp³-hybridized carbons (Fsp3) is 0.286. The summed E-state index contributed by atoms with van der Waals surface area (Å²) in [6.07, 6.45) is 0. The van der Waals surface area contributed by atoms with E-state index in [1.807, 2.05) is 88.4 Å². The Morgan fingerprint density at radius 3 is 1.65 bits per heavy atom. The fourth-order valence-corrected chi connectivity index (χ4v) is 2.65. The summed E-state index contributed by atoms with van der Waals surface area (Å²) in [5, 5.41) is 0. The molecule has 0 spiro atoms. The molecule has 2 aromatic carbocycles. The molecule has 2 aromatic rings. The summed E-state index contributed by atoms with van der Waals surface area (Å²) in [6.45, 7) is 8.35. The molecule has 0 radical (unpaired) electrons. The third-order valence-electron chi connectivity index (χ3n) is 3.60. The lowest BCUT2D eigenvalue weighted by Gasteiger charge is -2.26. The minimum absolute atomic E-state index is 0.247. The van der Waals surface area contributed by atoms with Crippen LogP contribution in [0.2, 0.25) is 0 Å². The normalized spacial score (nSPS) is 11.0. The number of rotatable bonds is 4. The van der Waals surface area contributed by atoms with Gasteiger partial charge in [0.15, 0.2) is 0 Å². The number of carbonyl (C=O) groups is 1. The molecule has 120 valence electrons. The fourth-order valence-electron chi connectivity index (χ4n) is 2.65. The number of carbonyl (C=O) groups excluding carboxylic acids is 1. The number of hydrogen-bond donors (Lipinski definition) is 0. The topological polar surface area (TPSA) is 26.3 Å².